The van der Waals surface area contributed by atoms with Crippen molar-refractivity contribution in [3.8, 4) is 0 Å². The topological polar surface area (TPSA) is 66.7 Å². The van der Waals surface area contributed by atoms with Crippen LogP contribution in [0.15, 0.2) is 99.9 Å². The monoisotopic (exact) mass is 528 g/mol. The van der Waals surface area contributed by atoms with Gasteiger partial charge < -0.3 is 10.2 Å². The first-order chi connectivity index (χ1) is 17.8. The van der Waals surface area contributed by atoms with Crippen LogP contribution in [0.5, 0.6) is 0 Å². The Hall–Kier alpha value is -3.94. The summed E-state index contributed by atoms with van der Waals surface area (Å²) < 4.78 is 2.16. The van der Waals surface area contributed by atoms with E-state index in [9.17, 15) is 9.59 Å². The molecule has 0 radical (unpaired) electrons. The fraction of sp³-hybridized carbons (Fsp3) is 0.138. The molecule has 1 amide bonds. The van der Waals surface area contributed by atoms with Crippen molar-refractivity contribution in [2.24, 2.45) is 4.99 Å². The van der Waals surface area contributed by atoms with E-state index in [2.05, 4.69) is 5.32 Å². The van der Waals surface area contributed by atoms with Gasteiger partial charge in [0.15, 0.2) is 4.80 Å². The van der Waals surface area contributed by atoms with Crippen LogP contribution < -0.4 is 25.1 Å². The lowest BCUT2D eigenvalue weighted by atomic mass is 9.95. The minimum absolute atomic E-state index is 0.196. The molecule has 186 valence electrons. The molecule has 1 atom stereocenters. The van der Waals surface area contributed by atoms with Crippen molar-refractivity contribution in [1.82, 2.24) is 4.57 Å². The number of allylic oxidation sites excluding steroid dienone is 1. The summed E-state index contributed by atoms with van der Waals surface area (Å²) in [6.07, 6.45) is 1.87. The van der Waals surface area contributed by atoms with Crippen molar-refractivity contribution in [1.29, 1.82) is 0 Å². The summed E-state index contributed by atoms with van der Waals surface area (Å²) >= 11 is 7.47. The van der Waals surface area contributed by atoms with Crippen molar-refractivity contribution < 1.29 is 4.79 Å². The summed E-state index contributed by atoms with van der Waals surface area (Å²) in [5, 5.41) is 3.53. The van der Waals surface area contributed by atoms with Gasteiger partial charge in [0, 0.05) is 30.5 Å². The van der Waals surface area contributed by atoms with Crippen LogP contribution in [0.25, 0.3) is 6.08 Å². The number of nitrogens with one attached hydrogen (secondary N) is 1. The second-order valence-electron chi connectivity index (χ2n) is 8.94. The van der Waals surface area contributed by atoms with E-state index in [0.717, 1.165) is 16.8 Å². The van der Waals surface area contributed by atoms with Gasteiger partial charge in [-0.25, -0.2) is 4.99 Å². The predicted octanol–water partition coefficient (Wildman–Crippen LogP) is 4.59. The van der Waals surface area contributed by atoms with Gasteiger partial charge >= 0.3 is 0 Å². The van der Waals surface area contributed by atoms with Crippen LogP contribution in [0, 0.1) is 0 Å². The van der Waals surface area contributed by atoms with E-state index in [1.807, 2.05) is 91.8 Å². The van der Waals surface area contributed by atoms with Gasteiger partial charge in [-0.05, 0) is 60.5 Å². The van der Waals surface area contributed by atoms with Gasteiger partial charge in [0.25, 0.3) is 11.5 Å². The lowest BCUT2D eigenvalue weighted by molar-refractivity contribution is -0.113. The Bertz CT molecular complexity index is 1670. The zero-order chi connectivity index (χ0) is 26.1. The smallest absolute Gasteiger partial charge is 0.271 e. The number of carbonyl (C=O) groups excluding carboxylic acids is 1. The molecule has 2 heterocycles. The standard InChI is InChI=1S/C29H25ClN4O2S/c1-18-25(27(35)32-22-7-5-4-6-8-22)26(20-11-13-21(30)14-12-20)34-28(36)24(37-29(34)31-18)17-19-9-15-23(16-10-19)33(2)3/h4-17,26H,1-3H3,(H,32,35)/b24-17-. The normalized spacial score (nSPS) is 15.2. The third-order valence-corrected chi connectivity index (χ3v) is 7.43. The maximum absolute atomic E-state index is 13.8. The van der Waals surface area contributed by atoms with Gasteiger partial charge in [0.05, 0.1) is 21.8 Å². The molecule has 5 rings (SSSR count). The quantitative estimate of drug-likeness (QED) is 0.412. The molecule has 0 saturated carbocycles. The number of fused-ring (bicyclic) bond motifs is 1. The summed E-state index contributed by atoms with van der Waals surface area (Å²) in [4.78, 5) is 34.6. The number of anilines is 2. The fourth-order valence-corrected chi connectivity index (χ4v) is 5.48. The lowest BCUT2D eigenvalue weighted by Crippen LogP contribution is -2.40. The van der Waals surface area contributed by atoms with Crippen LogP contribution in [-0.4, -0.2) is 24.6 Å². The van der Waals surface area contributed by atoms with Crippen LogP contribution >= 0.6 is 22.9 Å². The highest BCUT2D eigenvalue weighted by Gasteiger charge is 2.32. The van der Waals surface area contributed by atoms with Gasteiger partial charge in [0.1, 0.15) is 0 Å². The maximum Gasteiger partial charge on any atom is 0.271 e. The van der Waals surface area contributed by atoms with Crippen molar-refractivity contribution in [2.75, 3.05) is 24.3 Å². The van der Waals surface area contributed by atoms with Crippen molar-refractivity contribution in [3.05, 3.63) is 126 Å². The van der Waals surface area contributed by atoms with E-state index in [0.29, 0.717) is 31.3 Å². The maximum atomic E-state index is 13.8. The van der Waals surface area contributed by atoms with Gasteiger partial charge in [0.2, 0.25) is 0 Å². The third-order valence-electron chi connectivity index (χ3n) is 6.19. The molecule has 0 bridgehead atoms. The minimum atomic E-state index is -0.643. The summed E-state index contributed by atoms with van der Waals surface area (Å²) in [7, 11) is 3.97. The molecule has 4 aromatic rings. The van der Waals surface area contributed by atoms with Gasteiger partial charge in [-0.3, -0.25) is 14.2 Å². The predicted molar refractivity (Wildman–Crippen MR) is 151 cm³/mol. The molecule has 0 aliphatic carbocycles. The van der Waals surface area contributed by atoms with Crippen LogP contribution in [0.2, 0.25) is 5.02 Å². The van der Waals surface area contributed by atoms with E-state index in [1.54, 1.807) is 23.6 Å². The average Bonchev–Trinajstić information content (AvgIpc) is 3.18. The van der Waals surface area contributed by atoms with E-state index in [4.69, 9.17) is 16.6 Å². The Kier molecular flexibility index (Phi) is 6.82. The fourth-order valence-electron chi connectivity index (χ4n) is 4.31. The Labute approximate surface area is 223 Å². The number of benzene rings is 3. The highest BCUT2D eigenvalue weighted by Crippen LogP contribution is 2.31. The zero-order valence-electron chi connectivity index (χ0n) is 20.6. The van der Waals surface area contributed by atoms with Gasteiger partial charge in [-0.1, -0.05) is 65.4 Å². The molecular weight excluding hydrogens is 504 g/mol. The Morgan fingerprint density at radius 1 is 1.03 bits per heavy atom. The molecule has 0 spiro atoms. The van der Waals surface area contributed by atoms with E-state index >= 15 is 0 Å². The number of halogens is 1. The SMILES string of the molecule is CC1=C(C(=O)Nc2ccccc2)C(c2ccc(Cl)cc2)n2c(s/c(=C\c3ccc(N(C)C)cc3)c2=O)=N1. The molecule has 1 aromatic heterocycles. The first-order valence-corrected chi connectivity index (χ1v) is 12.9. The number of carbonyl (C=O) groups is 1. The molecular formula is C29H25ClN4O2S. The van der Waals surface area contributed by atoms with Crippen LogP contribution in [0.4, 0.5) is 11.4 Å². The molecule has 1 N–H and O–H groups in total. The Morgan fingerprint density at radius 3 is 2.35 bits per heavy atom. The Balaban J connectivity index is 1.64. The van der Waals surface area contributed by atoms with Crippen molar-refractivity contribution in [2.45, 2.75) is 13.0 Å². The highest BCUT2D eigenvalue weighted by atomic mass is 35.5. The average molecular weight is 529 g/mol. The minimum Gasteiger partial charge on any atom is -0.378 e. The summed E-state index contributed by atoms with van der Waals surface area (Å²) in [5.74, 6) is -0.305. The number of amides is 1. The van der Waals surface area contributed by atoms with Crippen LogP contribution in [0.3, 0.4) is 0 Å². The van der Waals surface area contributed by atoms with Gasteiger partial charge in [-0.2, -0.15) is 0 Å². The molecule has 1 aliphatic rings. The molecule has 1 unspecified atom stereocenters. The van der Waals surface area contributed by atoms with E-state index in [1.165, 1.54) is 11.3 Å². The van der Waals surface area contributed by atoms with E-state index < -0.39 is 6.04 Å². The second kappa shape index (κ2) is 10.2. The number of hydrogen-bond acceptors (Lipinski definition) is 5. The number of rotatable bonds is 5. The molecule has 37 heavy (non-hydrogen) atoms. The number of para-hydroxylation sites is 1. The third kappa shape index (κ3) is 5.01. The summed E-state index contributed by atoms with van der Waals surface area (Å²) in [5.41, 5.74) is 4.22. The van der Waals surface area contributed by atoms with Crippen molar-refractivity contribution >= 4 is 46.3 Å². The number of thiazole rings is 1. The number of nitrogens with zero attached hydrogens (tertiary/aromatic N) is 3. The molecule has 1 aliphatic heterocycles. The van der Waals surface area contributed by atoms with Gasteiger partial charge in [-0.15, -0.1) is 0 Å². The first kappa shape index (κ1) is 24.7. The van der Waals surface area contributed by atoms with E-state index in [-0.39, 0.29) is 11.5 Å². The van der Waals surface area contributed by atoms with Crippen LogP contribution in [0.1, 0.15) is 24.1 Å². The zero-order valence-corrected chi connectivity index (χ0v) is 22.2. The molecule has 8 heteroatoms. The Morgan fingerprint density at radius 2 is 1.70 bits per heavy atom. The molecule has 0 saturated heterocycles. The van der Waals surface area contributed by atoms with Crippen molar-refractivity contribution in [3.63, 3.8) is 0 Å². The number of aromatic nitrogens is 1. The molecule has 0 fully saturated rings. The van der Waals surface area contributed by atoms with Crippen LogP contribution in [-0.2, 0) is 4.79 Å². The lowest BCUT2D eigenvalue weighted by Gasteiger charge is -2.25. The second-order valence-corrected chi connectivity index (χ2v) is 10.4. The largest absolute Gasteiger partial charge is 0.378 e. The summed E-state index contributed by atoms with van der Waals surface area (Å²) in [6, 6.07) is 23.8. The number of hydrogen-bond donors (Lipinski definition) is 1. The molecule has 6 nitrogen and oxygen atoms in total. The first-order valence-electron chi connectivity index (χ1n) is 11.7. The highest BCUT2D eigenvalue weighted by molar-refractivity contribution is 7.07. The molecule has 3 aromatic carbocycles. The summed E-state index contributed by atoms with van der Waals surface area (Å²) in [6.45, 7) is 1.81.